The molecule has 3 rings (SSSR count). The van der Waals surface area contributed by atoms with Crippen LogP contribution in [-0.2, 0) is 4.79 Å². The topological polar surface area (TPSA) is 125 Å². The lowest BCUT2D eigenvalue weighted by molar-refractivity contribution is -0.384. The lowest BCUT2D eigenvalue weighted by Gasteiger charge is -2.35. The van der Waals surface area contributed by atoms with Crippen LogP contribution in [0, 0.1) is 10.1 Å². The van der Waals surface area contributed by atoms with E-state index in [1.807, 2.05) is 4.90 Å². The normalized spacial score (nSPS) is 13.2. The molecule has 0 saturated carbocycles. The van der Waals surface area contributed by atoms with Crippen molar-refractivity contribution in [3.05, 3.63) is 76.4 Å². The average Bonchev–Trinajstić information content (AvgIpc) is 2.82. The fourth-order valence-corrected chi connectivity index (χ4v) is 3.59. The van der Waals surface area contributed by atoms with Crippen LogP contribution in [0.15, 0.2) is 55.1 Å². The first-order valence-corrected chi connectivity index (χ1v) is 10.4. The highest BCUT2D eigenvalue weighted by atomic mass is 16.6. The van der Waals surface area contributed by atoms with Gasteiger partial charge < -0.3 is 20.4 Å². The van der Waals surface area contributed by atoms with E-state index >= 15 is 0 Å². The predicted molar refractivity (Wildman–Crippen MR) is 124 cm³/mol. The summed E-state index contributed by atoms with van der Waals surface area (Å²) >= 11 is 0. The predicted octanol–water partition coefficient (Wildman–Crippen LogP) is 2.43. The van der Waals surface area contributed by atoms with Crippen LogP contribution in [0.5, 0.6) is 0 Å². The Morgan fingerprint density at radius 2 is 1.79 bits per heavy atom. The fraction of sp³-hybridized carbons (Fsp3) is 0.261. The number of hydrogen-bond acceptors (Lipinski definition) is 6. The molecular formula is C23H25N5O5. The number of para-hydroxylation sites is 1. The van der Waals surface area contributed by atoms with Crippen molar-refractivity contribution in [3.63, 3.8) is 0 Å². The van der Waals surface area contributed by atoms with E-state index in [0.717, 1.165) is 0 Å². The molecule has 1 fully saturated rings. The number of benzene rings is 2. The number of nitrogens with zero attached hydrogens (tertiary/aromatic N) is 3. The molecule has 3 amide bonds. The standard InChI is InChI=1S/C23H25N5O5/c1-3-10-24-23(31)18-6-4-5-7-19(18)25-22(30)17-8-9-20(21(15-17)28(32)33)27-13-11-26(12-14-27)16(2)29/h3-9,15H,1,10-14H2,2H3,(H,24,31)(H,25,30). The Morgan fingerprint density at radius 1 is 1.09 bits per heavy atom. The van der Waals surface area contributed by atoms with Gasteiger partial charge in [-0.25, -0.2) is 0 Å². The van der Waals surface area contributed by atoms with E-state index in [1.165, 1.54) is 19.1 Å². The van der Waals surface area contributed by atoms with Crippen molar-refractivity contribution in [1.29, 1.82) is 0 Å². The Hall–Kier alpha value is -4.21. The minimum absolute atomic E-state index is 0.0328. The summed E-state index contributed by atoms with van der Waals surface area (Å²) in [5.41, 5.74) is 0.840. The van der Waals surface area contributed by atoms with Crippen LogP contribution >= 0.6 is 0 Å². The van der Waals surface area contributed by atoms with Crippen LogP contribution in [0.2, 0.25) is 0 Å². The number of anilines is 2. The molecule has 172 valence electrons. The first kappa shape index (κ1) is 23.5. The highest BCUT2D eigenvalue weighted by Gasteiger charge is 2.26. The van der Waals surface area contributed by atoms with Crippen molar-refractivity contribution in [1.82, 2.24) is 10.2 Å². The summed E-state index contributed by atoms with van der Waals surface area (Å²) in [6.07, 6.45) is 1.54. The van der Waals surface area contributed by atoms with Gasteiger partial charge in [-0.2, -0.15) is 0 Å². The van der Waals surface area contributed by atoms with Crippen molar-refractivity contribution in [2.45, 2.75) is 6.92 Å². The van der Waals surface area contributed by atoms with Gasteiger partial charge in [0, 0.05) is 51.3 Å². The zero-order chi connectivity index (χ0) is 24.0. The molecule has 10 nitrogen and oxygen atoms in total. The fourth-order valence-electron chi connectivity index (χ4n) is 3.59. The zero-order valence-electron chi connectivity index (χ0n) is 18.2. The Kier molecular flexibility index (Phi) is 7.39. The molecule has 2 N–H and O–H groups in total. The van der Waals surface area contributed by atoms with E-state index in [2.05, 4.69) is 17.2 Å². The minimum atomic E-state index is -0.574. The van der Waals surface area contributed by atoms with Gasteiger partial charge in [0.1, 0.15) is 5.69 Å². The number of nitro benzene ring substituents is 1. The van der Waals surface area contributed by atoms with Gasteiger partial charge >= 0.3 is 0 Å². The van der Waals surface area contributed by atoms with E-state index in [0.29, 0.717) is 31.9 Å². The lowest BCUT2D eigenvalue weighted by Crippen LogP contribution is -2.48. The number of piperazine rings is 1. The molecule has 33 heavy (non-hydrogen) atoms. The summed E-state index contributed by atoms with van der Waals surface area (Å²) in [4.78, 5) is 51.4. The number of nitrogens with one attached hydrogen (secondary N) is 2. The molecule has 0 radical (unpaired) electrons. The smallest absolute Gasteiger partial charge is 0.293 e. The lowest BCUT2D eigenvalue weighted by atomic mass is 10.1. The monoisotopic (exact) mass is 451 g/mol. The summed E-state index contributed by atoms with van der Waals surface area (Å²) in [6.45, 7) is 7.18. The molecule has 1 aliphatic heterocycles. The Labute approximate surface area is 191 Å². The molecule has 0 spiro atoms. The van der Waals surface area contributed by atoms with Gasteiger partial charge in [0.2, 0.25) is 5.91 Å². The summed E-state index contributed by atoms with van der Waals surface area (Å²) in [5, 5.41) is 17.0. The largest absolute Gasteiger partial charge is 0.362 e. The van der Waals surface area contributed by atoms with Gasteiger partial charge in [0.05, 0.1) is 16.2 Å². The molecule has 0 aromatic heterocycles. The second-order valence-electron chi connectivity index (χ2n) is 7.45. The molecule has 0 atom stereocenters. The summed E-state index contributed by atoms with van der Waals surface area (Å²) < 4.78 is 0. The van der Waals surface area contributed by atoms with E-state index < -0.39 is 10.8 Å². The molecule has 2 aromatic carbocycles. The van der Waals surface area contributed by atoms with Gasteiger partial charge in [0.25, 0.3) is 17.5 Å². The van der Waals surface area contributed by atoms with Crippen LogP contribution in [0.25, 0.3) is 0 Å². The van der Waals surface area contributed by atoms with Crippen molar-refractivity contribution in [2.24, 2.45) is 0 Å². The van der Waals surface area contributed by atoms with Gasteiger partial charge in [-0.05, 0) is 24.3 Å². The van der Waals surface area contributed by atoms with Crippen molar-refractivity contribution >= 4 is 34.8 Å². The SMILES string of the molecule is C=CCNC(=O)c1ccccc1NC(=O)c1ccc(N2CCN(C(C)=O)CC2)c([N+](=O)[O-])c1. The number of nitro groups is 1. The second kappa shape index (κ2) is 10.4. The van der Waals surface area contributed by atoms with Crippen molar-refractivity contribution in [3.8, 4) is 0 Å². The van der Waals surface area contributed by atoms with Crippen molar-refractivity contribution in [2.75, 3.05) is 42.9 Å². The molecular weight excluding hydrogens is 426 g/mol. The molecule has 10 heteroatoms. The Balaban J connectivity index is 1.81. The molecule has 1 saturated heterocycles. The van der Waals surface area contributed by atoms with E-state index in [4.69, 9.17) is 0 Å². The maximum absolute atomic E-state index is 12.8. The number of carbonyl (C=O) groups is 3. The average molecular weight is 451 g/mol. The van der Waals surface area contributed by atoms with E-state index in [-0.39, 0.29) is 40.9 Å². The van der Waals surface area contributed by atoms with Gasteiger partial charge in [-0.15, -0.1) is 6.58 Å². The van der Waals surface area contributed by atoms with Gasteiger partial charge in [-0.3, -0.25) is 24.5 Å². The Morgan fingerprint density at radius 3 is 2.42 bits per heavy atom. The highest BCUT2D eigenvalue weighted by Crippen LogP contribution is 2.30. The quantitative estimate of drug-likeness (QED) is 0.378. The van der Waals surface area contributed by atoms with Crippen LogP contribution < -0.4 is 15.5 Å². The van der Waals surface area contributed by atoms with Gasteiger partial charge in [0.15, 0.2) is 0 Å². The van der Waals surface area contributed by atoms with Crippen LogP contribution in [0.4, 0.5) is 17.1 Å². The molecule has 1 aliphatic rings. The van der Waals surface area contributed by atoms with E-state index in [9.17, 15) is 24.5 Å². The number of hydrogen-bond donors (Lipinski definition) is 2. The molecule has 0 unspecified atom stereocenters. The summed E-state index contributed by atoms with van der Waals surface area (Å²) in [6, 6.07) is 10.8. The van der Waals surface area contributed by atoms with Crippen LogP contribution in [0.1, 0.15) is 27.6 Å². The molecule has 2 aromatic rings. The highest BCUT2D eigenvalue weighted by molar-refractivity contribution is 6.09. The number of rotatable bonds is 7. The summed E-state index contributed by atoms with van der Waals surface area (Å²) in [5.74, 6) is -0.985. The Bertz CT molecular complexity index is 1090. The third-order valence-corrected chi connectivity index (χ3v) is 5.33. The third-order valence-electron chi connectivity index (χ3n) is 5.33. The maximum atomic E-state index is 12.8. The molecule has 1 heterocycles. The van der Waals surface area contributed by atoms with Crippen molar-refractivity contribution < 1.29 is 19.3 Å². The number of amides is 3. The maximum Gasteiger partial charge on any atom is 0.293 e. The third kappa shape index (κ3) is 5.53. The van der Waals surface area contributed by atoms with Gasteiger partial charge in [-0.1, -0.05) is 18.2 Å². The zero-order valence-corrected chi connectivity index (χ0v) is 18.2. The summed E-state index contributed by atoms with van der Waals surface area (Å²) in [7, 11) is 0. The first-order valence-electron chi connectivity index (χ1n) is 10.4. The molecule has 0 bridgehead atoms. The first-order chi connectivity index (χ1) is 15.8. The van der Waals surface area contributed by atoms with Crippen LogP contribution in [0.3, 0.4) is 0 Å². The second-order valence-corrected chi connectivity index (χ2v) is 7.45. The molecule has 0 aliphatic carbocycles. The van der Waals surface area contributed by atoms with Crippen LogP contribution in [-0.4, -0.2) is 60.3 Å². The number of carbonyl (C=O) groups excluding carboxylic acids is 3. The minimum Gasteiger partial charge on any atom is -0.362 e. The van der Waals surface area contributed by atoms with E-state index in [1.54, 1.807) is 41.3 Å².